The molecule has 3 nitrogen and oxygen atoms in total. The lowest BCUT2D eigenvalue weighted by atomic mass is 10.1. The fourth-order valence-electron chi connectivity index (χ4n) is 1.38. The van der Waals surface area contributed by atoms with E-state index in [9.17, 15) is 4.79 Å². The molecule has 0 heterocycles. The number of benzene rings is 1. The van der Waals surface area contributed by atoms with Crippen LogP contribution in [-0.4, -0.2) is 12.5 Å². The zero-order chi connectivity index (χ0) is 12.0. The standard InChI is InChI=1S/C13H18N2O/c1-3-8-15-13(16)7-6-11-5-4-10(2)12(14)9-11/h3-5,9H,1,6-8,14H2,2H3,(H,15,16). The van der Waals surface area contributed by atoms with Gasteiger partial charge in [-0.25, -0.2) is 0 Å². The van der Waals surface area contributed by atoms with Crippen LogP contribution in [0.25, 0.3) is 0 Å². The smallest absolute Gasteiger partial charge is 0.220 e. The largest absolute Gasteiger partial charge is 0.399 e. The normalized spacial score (nSPS) is 9.81. The summed E-state index contributed by atoms with van der Waals surface area (Å²) >= 11 is 0. The van der Waals surface area contributed by atoms with E-state index in [2.05, 4.69) is 11.9 Å². The molecule has 0 aromatic heterocycles. The molecular formula is C13H18N2O. The van der Waals surface area contributed by atoms with Crippen LogP contribution in [0.5, 0.6) is 0 Å². The topological polar surface area (TPSA) is 55.1 Å². The molecule has 0 aliphatic carbocycles. The molecule has 3 N–H and O–H groups in total. The lowest BCUT2D eigenvalue weighted by Gasteiger charge is -2.05. The van der Waals surface area contributed by atoms with Gasteiger partial charge in [0.05, 0.1) is 0 Å². The molecule has 1 rings (SSSR count). The summed E-state index contributed by atoms with van der Waals surface area (Å²) < 4.78 is 0. The molecule has 0 bridgehead atoms. The number of nitrogens with two attached hydrogens (primary N) is 1. The first-order valence-corrected chi connectivity index (χ1v) is 5.36. The Hall–Kier alpha value is -1.77. The maximum Gasteiger partial charge on any atom is 0.220 e. The van der Waals surface area contributed by atoms with Gasteiger partial charge in [0.2, 0.25) is 5.91 Å². The Bertz CT molecular complexity index is 386. The van der Waals surface area contributed by atoms with Gasteiger partial charge < -0.3 is 11.1 Å². The molecular weight excluding hydrogens is 200 g/mol. The molecule has 0 radical (unpaired) electrons. The van der Waals surface area contributed by atoms with E-state index in [1.807, 2.05) is 25.1 Å². The molecule has 0 aliphatic heterocycles. The Morgan fingerprint density at radius 2 is 2.31 bits per heavy atom. The minimum Gasteiger partial charge on any atom is -0.399 e. The molecule has 0 spiro atoms. The van der Waals surface area contributed by atoms with Crippen LogP contribution in [0.3, 0.4) is 0 Å². The average molecular weight is 218 g/mol. The van der Waals surface area contributed by atoms with E-state index < -0.39 is 0 Å². The second-order valence-corrected chi connectivity index (χ2v) is 3.78. The van der Waals surface area contributed by atoms with E-state index in [0.29, 0.717) is 19.4 Å². The monoisotopic (exact) mass is 218 g/mol. The molecule has 1 aromatic carbocycles. The van der Waals surface area contributed by atoms with Gasteiger partial charge in [-0.05, 0) is 30.5 Å². The quantitative estimate of drug-likeness (QED) is 0.585. The summed E-state index contributed by atoms with van der Waals surface area (Å²) in [5.74, 6) is 0.0408. The summed E-state index contributed by atoms with van der Waals surface area (Å²) in [6, 6.07) is 5.91. The van der Waals surface area contributed by atoms with Crippen molar-refractivity contribution in [2.45, 2.75) is 19.8 Å². The van der Waals surface area contributed by atoms with Gasteiger partial charge >= 0.3 is 0 Å². The van der Waals surface area contributed by atoms with Crippen molar-refractivity contribution in [3.63, 3.8) is 0 Å². The summed E-state index contributed by atoms with van der Waals surface area (Å²) in [7, 11) is 0. The zero-order valence-corrected chi connectivity index (χ0v) is 9.62. The molecule has 1 amide bonds. The first kappa shape index (κ1) is 12.3. The number of rotatable bonds is 5. The van der Waals surface area contributed by atoms with Crippen molar-refractivity contribution in [1.29, 1.82) is 0 Å². The van der Waals surface area contributed by atoms with E-state index in [0.717, 1.165) is 16.8 Å². The minimum absolute atomic E-state index is 0.0408. The van der Waals surface area contributed by atoms with Crippen molar-refractivity contribution in [3.05, 3.63) is 42.0 Å². The second-order valence-electron chi connectivity index (χ2n) is 3.78. The molecule has 0 unspecified atom stereocenters. The molecule has 0 atom stereocenters. The predicted molar refractivity (Wildman–Crippen MR) is 67.1 cm³/mol. The lowest BCUT2D eigenvalue weighted by molar-refractivity contribution is -0.120. The zero-order valence-electron chi connectivity index (χ0n) is 9.62. The highest BCUT2D eigenvalue weighted by atomic mass is 16.1. The third-order valence-electron chi connectivity index (χ3n) is 2.43. The van der Waals surface area contributed by atoms with E-state index in [1.165, 1.54) is 0 Å². The van der Waals surface area contributed by atoms with Crippen LogP contribution < -0.4 is 11.1 Å². The Balaban J connectivity index is 2.45. The van der Waals surface area contributed by atoms with E-state index in [-0.39, 0.29) is 5.91 Å². The Labute approximate surface area is 96.3 Å². The number of carbonyl (C=O) groups excluding carboxylic acids is 1. The summed E-state index contributed by atoms with van der Waals surface area (Å²) in [5.41, 5.74) is 8.74. The first-order chi connectivity index (χ1) is 7.63. The highest BCUT2D eigenvalue weighted by molar-refractivity contribution is 5.76. The number of hydrogen-bond donors (Lipinski definition) is 2. The minimum atomic E-state index is 0.0408. The van der Waals surface area contributed by atoms with Gasteiger partial charge in [0, 0.05) is 18.7 Å². The van der Waals surface area contributed by atoms with Gasteiger partial charge in [0.15, 0.2) is 0 Å². The van der Waals surface area contributed by atoms with Crippen LogP contribution in [0.1, 0.15) is 17.5 Å². The number of nitrogens with one attached hydrogen (secondary N) is 1. The SMILES string of the molecule is C=CCNC(=O)CCc1ccc(C)c(N)c1. The second kappa shape index (κ2) is 5.95. The van der Waals surface area contributed by atoms with Crippen molar-refractivity contribution >= 4 is 11.6 Å². The van der Waals surface area contributed by atoms with E-state index in [1.54, 1.807) is 6.08 Å². The predicted octanol–water partition coefficient (Wildman–Crippen LogP) is 1.81. The van der Waals surface area contributed by atoms with Crippen molar-refractivity contribution < 1.29 is 4.79 Å². The maximum atomic E-state index is 11.3. The number of carbonyl (C=O) groups is 1. The van der Waals surface area contributed by atoms with Crippen LogP contribution in [0.4, 0.5) is 5.69 Å². The van der Waals surface area contributed by atoms with Gasteiger partial charge in [-0.1, -0.05) is 18.2 Å². The van der Waals surface area contributed by atoms with Crippen LogP contribution in [0, 0.1) is 6.92 Å². The highest BCUT2D eigenvalue weighted by Crippen LogP contribution is 2.14. The van der Waals surface area contributed by atoms with Crippen LogP contribution >= 0.6 is 0 Å². The van der Waals surface area contributed by atoms with Gasteiger partial charge in [-0.2, -0.15) is 0 Å². The van der Waals surface area contributed by atoms with Gasteiger partial charge in [-0.15, -0.1) is 6.58 Å². The van der Waals surface area contributed by atoms with E-state index >= 15 is 0 Å². The van der Waals surface area contributed by atoms with Crippen LogP contribution in [0.15, 0.2) is 30.9 Å². The number of hydrogen-bond acceptors (Lipinski definition) is 2. The van der Waals surface area contributed by atoms with Gasteiger partial charge in [-0.3, -0.25) is 4.79 Å². The fourth-order valence-corrected chi connectivity index (χ4v) is 1.38. The summed E-state index contributed by atoms with van der Waals surface area (Å²) in [6.45, 7) is 6.03. The number of aryl methyl sites for hydroxylation is 2. The molecule has 3 heteroatoms. The third kappa shape index (κ3) is 3.77. The highest BCUT2D eigenvalue weighted by Gasteiger charge is 2.02. The van der Waals surface area contributed by atoms with Crippen molar-refractivity contribution in [2.24, 2.45) is 0 Å². The molecule has 0 saturated carbocycles. The number of nitrogen functional groups attached to an aromatic ring is 1. The Morgan fingerprint density at radius 1 is 1.56 bits per heavy atom. The molecule has 0 aliphatic rings. The molecule has 86 valence electrons. The number of amides is 1. The van der Waals surface area contributed by atoms with Crippen LogP contribution in [0.2, 0.25) is 0 Å². The van der Waals surface area contributed by atoms with Gasteiger partial charge in [0.1, 0.15) is 0 Å². The summed E-state index contributed by atoms with van der Waals surface area (Å²) in [5, 5.41) is 2.74. The fraction of sp³-hybridized carbons (Fsp3) is 0.308. The maximum absolute atomic E-state index is 11.3. The number of anilines is 1. The average Bonchev–Trinajstić information content (AvgIpc) is 2.28. The summed E-state index contributed by atoms with van der Waals surface area (Å²) in [6.07, 6.45) is 2.87. The van der Waals surface area contributed by atoms with E-state index in [4.69, 9.17) is 5.73 Å². The summed E-state index contributed by atoms with van der Waals surface area (Å²) in [4.78, 5) is 11.3. The van der Waals surface area contributed by atoms with Crippen molar-refractivity contribution in [1.82, 2.24) is 5.32 Å². The van der Waals surface area contributed by atoms with Crippen molar-refractivity contribution in [3.8, 4) is 0 Å². The molecule has 16 heavy (non-hydrogen) atoms. The first-order valence-electron chi connectivity index (χ1n) is 5.36. The van der Waals surface area contributed by atoms with Gasteiger partial charge in [0.25, 0.3) is 0 Å². The Kier molecular flexibility index (Phi) is 4.58. The Morgan fingerprint density at radius 3 is 2.94 bits per heavy atom. The molecule has 1 aromatic rings. The molecule has 0 saturated heterocycles. The lowest BCUT2D eigenvalue weighted by Crippen LogP contribution is -2.23. The third-order valence-corrected chi connectivity index (χ3v) is 2.43. The van der Waals surface area contributed by atoms with Crippen molar-refractivity contribution in [2.75, 3.05) is 12.3 Å². The van der Waals surface area contributed by atoms with Crippen LogP contribution in [-0.2, 0) is 11.2 Å². The molecule has 0 fully saturated rings.